The fourth-order valence-corrected chi connectivity index (χ4v) is 2.62. The van der Waals surface area contributed by atoms with Crippen LogP contribution in [0.5, 0.6) is 0 Å². The van der Waals surface area contributed by atoms with Crippen molar-refractivity contribution in [1.82, 2.24) is 10.2 Å². The summed E-state index contributed by atoms with van der Waals surface area (Å²) in [5.74, 6) is 0. The maximum absolute atomic E-state index is 3.42. The number of rotatable bonds is 3. The number of hydrogen-bond donors (Lipinski definition) is 1. The molecule has 1 atom stereocenters. The van der Waals surface area contributed by atoms with Gasteiger partial charge in [-0.3, -0.25) is 4.90 Å². The summed E-state index contributed by atoms with van der Waals surface area (Å²) < 4.78 is 0. The molecule has 0 aromatic carbocycles. The highest BCUT2D eigenvalue weighted by Gasteiger charge is 2.16. The third kappa shape index (κ3) is 2.56. The average molecular weight is 210 g/mol. The quantitative estimate of drug-likeness (QED) is 0.815. The molecule has 0 amide bonds. The molecule has 1 aliphatic rings. The zero-order valence-electron chi connectivity index (χ0n) is 8.70. The van der Waals surface area contributed by atoms with Crippen LogP contribution in [0.25, 0.3) is 0 Å². The second-order valence-electron chi connectivity index (χ2n) is 3.92. The molecular weight excluding hydrogens is 192 g/mol. The summed E-state index contributed by atoms with van der Waals surface area (Å²) in [6, 6.07) is 5.07. The fourth-order valence-electron chi connectivity index (χ4n) is 1.92. The summed E-state index contributed by atoms with van der Waals surface area (Å²) in [6.07, 6.45) is 1.21. The average Bonchev–Trinajstić information content (AvgIpc) is 2.69. The van der Waals surface area contributed by atoms with Crippen molar-refractivity contribution in [3.63, 3.8) is 0 Å². The normalized spacial score (nSPS) is 23.9. The van der Waals surface area contributed by atoms with Crippen LogP contribution in [0.15, 0.2) is 17.5 Å². The molecular formula is C11H18N2S. The zero-order valence-corrected chi connectivity index (χ0v) is 9.52. The highest BCUT2D eigenvalue weighted by molar-refractivity contribution is 7.09. The highest BCUT2D eigenvalue weighted by atomic mass is 32.1. The van der Waals surface area contributed by atoms with E-state index in [0.717, 1.165) is 13.1 Å². The largest absolute Gasteiger partial charge is 0.314 e. The first-order valence-electron chi connectivity index (χ1n) is 5.33. The molecule has 1 aromatic rings. The van der Waals surface area contributed by atoms with E-state index < -0.39 is 0 Å². The summed E-state index contributed by atoms with van der Waals surface area (Å²) >= 11 is 1.87. The van der Waals surface area contributed by atoms with E-state index in [0.29, 0.717) is 6.04 Å². The minimum atomic E-state index is 0.698. The van der Waals surface area contributed by atoms with Crippen molar-refractivity contribution in [3.8, 4) is 0 Å². The SMILES string of the molecule is C[C@@H]1CNCCN1CCc1cccs1. The van der Waals surface area contributed by atoms with Crippen LogP contribution in [0.1, 0.15) is 11.8 Å². The fraction of sp³-hybridized carbons (Fsp3) is 0.636. The van der Waals surface area contributed by atoms with E-state index in [1.807, 2.05) is 11.3 Å². The van der Waals surface area contributed by atoms with Crippen molar-refractivity contribution in [2.45, 2.75) is 19.4 Å². The molecule has 1 N–H and O–H groups in total. The van der Waals surface area contributed by atoms with Gasteiger partial charge in [-0.1, -0.05) is 6.07 Å². The minimum Gasteiger partial charge on any atom is -0.314 e. The second-order valence-corrected chi connectivity index (χ2v) is 4.95. The maximum Gasteiger partial charge on any atom is 0.0193 e. The molecule has 2 nitrogen and oxygen atoms in total. The molecule has 0 radical (unpaired) electrons. The Morgan fingerprint density at radius 3 is 3.29 bits per heavy atom. The summed E-state index contributed by atoms with van der Waals surface area (Å²) in [7, 11) is 0. The Labute approximate surface area is 89.9 Å². The molecule has 3 heteroatoms. The van der Waals surface area contributed by atoms with Crippen LogP contribution in [-0.2, 0) is 6.42 Å². The molecule has 14 heavy (non-hydrogen) atoms. The molecule has 2 rings (SSSR count). The minimum absolute atomic E-state index is 0.698. The first-order chi connectivity index (χ1) is 6.86. The summed E-state index contributed by atoms with van der Waals surface area (Å²) in [5.41, 5.74) is 0. The van der Waals surface area contributed by atoms with Gasteiger partial charge in [-0.2, -0.15) is 0 Å². The predicted molar refractivity (Wildman–Crippen MR) is 61.9 cm³/mol. The number of nitrogens with zero attached hydrogens (tertiary/aromatic N) is 1. The Morgan fingerprint density at radius 1 is 1.64 bits per heavy atom. The smallest absolute Gasteiger partial charge is 0.0193 e. The summed E-state index contributed by atoms with van der Waals surface area (Å²) in [4.78, 5) is 4.09. The summed E-state index contributed by atoms with van der Waals surface area (Å²) in [5, 5.41) is 5.58. The van der Waals surface area contributed by atoms with Gasteiger partial charge < -0.3 is 5.32 Å². The van der Waals surface area contributed by atoms with Crippen LogP contribution in [0.4, 0.5) is 0 Å². The van der Waals surface area contributed by atoms with E-state index in [4.69, 9.17) is 0 Å². The van der Waals surface area contributed by atoms with Crippen molar-refractivity contribution in [2.75, 3.05) is 26.2 Å². The summed E-state index contributed by atoms with van der Waals surface area (Å²) in [6.45, 7) is 7.01. The Morgan fingerprint density at radius 2 is 2.57 bits per heavy atom. The van der Waals surface area contributed by atoms with Gasteiger partial charge in [0.05, 0.1) is 0 Å². The van der Waals surface area contributed by atoms with E-state index in [1.54, 1.807) is 0 Å². The maximum atomic E-state index is 3.42. The lowest BCUT2D eigenvalue weighted by molar-refractivity contribution is 0.176. The Balaban J connectivity index is 1.79. The molecule has 0 spiro atoms. The van der Waals surface area contributed by atoms with Crippen LogP contribution in [-0.4, -0.2) is 37.1 Å². The number of nitrogens with one attached hydrogen (secondary N) is 1. The van der Waals surface area contributed by atoms with Gasteiger partial charge in [0.25, 0.3) is 0 Å². The highest BCUT2D eigenvalue weighted by Crippen LogP contribution is 2.11. The molecule has 1 saturated heterocycles. The van der Waals surface area contributed by atoms with E-state index in [2.05, 4.69) is 34.7 Å². The third-order valence-corrected chi connectivity index (χ3v) is 3.80. The standard InChI is InChI=1S/C11H18N2S/c1-10-9-12-5-7-13(10)6-4-11-3-2-8-14-11/h2-3,8,10,12H,4-7,9H2,1H3/t10-/m1/s1. The second kappa shape index (κ2) is 4.91. The number of hydrogen-bond acceptors (Lipinski definition) is 3. The number of piperazine rings is 1. The van der Waals surface area contributed by atoms with Gasteiger partial charge in [0.1, 0.15) is 0 Å². The molecule has 0 bridgehead atoms. The lowest BCUT2D eigenvalue weighted by Gasteiger charge is -2.33. The van der Waals surface area contributed by atoms with Crippen molar-refractivity contribution < 1.29 is 0 Å². The van der Waals surface area contributed by atoms with Crippen molar-refractivity contribution in [2.24, 2.45) is 0 Å². The third-order valence-electron chi connectivity index (χ3n) is 2.86. The van der Waals surface area contributed by atoms with E-state index in [1.165, 1.54) is 24.4 Å². The topological polar surface area (TPSA) is 15.3 Å². The van der Waals surface area contributed by atoms with Crippen molar-refractivity contribution >= 4 is 11.3 Å². The molecule has 78 valence electrons. The van der Waals surface area contributed by atoms with Crippen LogP contribution >= 0.6 is 11.3 Å². The van der Waals surface area contributed by atoms with Crippen molar-refractivity contribution in [1.29, 1.82) is 0 Å². The molecule has 1 aliphatic heterocycles. The van der Waals surface area contributed by atoms with E-state index >= 15 is 0 Å². The Kier molecular flexibility index (Phi) is 3.56. The van der Waals surface area contributed by atoms with Gasteiger partial charge in [0, 0.05) is 37.1 Å². The molecule has 0 unspecified atom stereocenters. The van der Waals surface area contributed by atoms with E-state index in [9.17, 15) is 0 Å². The van der Waals surface area contributed by atoms with Gasteiger partial charge in [0.2, 0.25) is 0 Å². The predicted octanol–water partition coefficient (Wildman–Crippen LogP) is 1.58. The zero-order chi connectivity index (χ0) is 9.80. The number of thiophene rings is 1. The lowest BCUT2D eigenvalue weighted by atomic mass is 10.2. The van der Waals surface area contributed by atoms with Gasteiger partial charge >= 0.3 is 0 Å². The van der Waals surface area contributed by atoms with Crippen LogP contribution in [0, 0.1) is 0 Å². The lowest BCUT2D eigenvalue weighted by Crippen LogP contribution is -2.50. The van der Waals surface area contributed by atoms with Gasteiger partial charge in [-0.05, 0) is 24.8 Å². The Bertz CT molecular complexity index is 258. The first kappa shape index (κ1) is 10.1. The van der Waals surface area contributed by atoms with Gasteiger partial charge in [-0.25, -0.2) is 0 Å². The molecule has 0 saturated carbocycles. The van der Waals surface area contributed by atoms with Crippen LogP contribution in [0.2, 0.25) is 0 Å². The first-order valence-corrected chi connectivity index (χ1v) is 6.21. The molecule has 1 aromatic heterocycles. The van der Waals surface area contributed by atoms with Crippen LogP contribution in [0.3, 0.4) is 0 Å². The van der Waals surface area contributed by atoms with Crippen molar-refractivity contribution in [3.05, 3.63) is 22.4 Å². The monoisotopic (exact) mass is 210 g/mol. The molecule has 0 aliphatic carbocycles. The molecule has 2 heterocycles. The van der Waals surface area contributed by atoms with Gasteiger partial charge in [0.15, 0.2) is 0 Å². The van der Waals surface area contributed by atoms with Crippen LogP contribution < -0.4 is 5.32 Å². The molecule has 1 fully saturated rings. The Hall–Kier alpha value is -0.380. The van der Waals surface area contributed by atoms with E-state index in [-0.39, 0.29) is 0 Å². The van der Waals surface area contributed by atoms with Gasteiger partial charge in [-0.15, -0.1) is 11.3 Å².